The van der Waals surface area contributed by atoms with E-state index in [9.17, 15) is 0 Å². The number of rotatable bonds is 5. The third kappa shape index (κ3) is 6.19. The molecule has 0 aromatic heterocycles. The van der Waals surface area contributed by atoms with E-state index in [0.717, 1.165) is 24.4 Å². The van der Waals surface area contributed by atoms with Gasteiger partial charge in [-0.15, -0.1) is 0 Å². The van der Waals surface area contributed by atoms with Crippen LogP contribution in [-0.4, -0.2) is 36.6 Å². The molecule has 18 heavy (non-hydrogen) atoms. The molecular formula is C16H34N2. The molecule has 3 atom stereocenters. The van der Waals surface area contributed by atoms with E-state index in [1.807, 2.05) is 0 Å². The minimum absolute atomic E-state index is 0.242. The summed E-state index contributed by atoms with van der Waals surface area (Å²) in [4.78, 5) is 2.60. The van der Waals surface area contributed by atoms with E-state index in [2.05, 4.69) is 51.9 Å². The monoisotopic (exact) mass is 254 g/mol. The molecule has 2 nitrogen and oxygen atoms in total. The van der Waals surface area contributed by atoms with Gasteiger partial charge >= 0.3 is 0 Å². The minimum Gasteiger partial charge on any atom is -0.312 e. The summed E-state index contributed by atoms with van der Waals surface area (Å²) in [5.41, 5.74) is 0.242. The molecule has 1 aliphatic rings. The van der Waals surface area contributed by atoms with E-state index < -0.39 is 0 Å². The van der Waals surface area contributed by atoms with Crippen molar-refractivity contribution in [3.63, 3.8) is 0 Å². The van der Waals surface area contributed by atoms with Crippen molar-refractivity contribution in [1.82, 2.24) is 10.2 Å². The van der Waals surface area contributed by atoms with E-state index in [1.165, 1.54) is 32.2 Å². The molecule has 1 saturated carbocycles. The Bertz CT molecular complexity index is 232. The molecule has 2 heteroatoms. The lowest BCUT2D eigenvalue weighted by atomic mass is 9.86. The molecule has 0 aromatic rings. The fraction of sp³-hybridized carbons (Fsp3) is 1.00. The van der Waals surface area contributed by atoms with Gasteiger partial charge in [0.2, 0.25) is 0 Å². The molecule has 0 saturated heterocycles. The van der Waals surface area contributed by atoms with E-state index in [0.29, 0.717) is 0 Å². The molecule has 108 valence electrons. The van der Waals surface area contributed by atoms with Gasteiger partial charge in [0.05, 0.1) is 0 Å². The van der Waals surface area contributed by atoms with Crippen molar-refractivity contribution in [2.75, 3.05) is 20.1 Å². The first-order chi connectivity index (χ1) is 8.28. The second-order valence-corrected chi connectivity index (χ2v) is 7.60. The second kappa shape index (κ2) is 6.91. The molecule has 0 aliphatic heterocycles. The van der Waals surface area contributed by atoms with E-state index in [1.54, 1.807) is 0 Å². The molecule has 0 amide bonds. The van der Waals surface area contributed by atoms with Crippen LogP contribution in [0.2, 0.25) is 0 Å². The molecule has 0 radical (unpaired) electrons. The Morgan fingerprint density at radius 1 is 1.28 bits per heavy atom. The standard InChI is InChI=1S/C16H34N2/c1-13-8-7-9-15(10-13)18(6)12-14(2)11-17-16(3,4)5/h13-15,17H,7-12H2,1-6H3. The fourth-order valence-electron chi connectivity index (χ4n) is 2.99. The van der Waals surface area contributed by atoms with Crippen molar-refractivity contribution >= 4 is 0 Å². The smallest absolute Gasteiger partial charge is 0.00966 e. The van der Waals surface area contributed by atoms with Gasteiger partial charge < -0.3 is 10.2 Å². The number of hydrogen-bond donors (Lipinski definition) is 1. The first-order valence-corrected chi connectivity index (χ1v) is 7.73. The maximum atomic E-state index is 3.61. The van der Waals surface area contributed by atoms with Crippen molar-refractivity contribution in [3.05, 3.63) is 0 Å². The van der Waals surface area contributed by atoms with Crippen LogP contribution in [0.4, 0.5) is 0 Å². The van der Waals surface area contributed by atoms with Crippen molar-refractivity contribution in [2.45, 2.75) is 71.9 Å². The van der Waals surface area contributed by atoms with Crippen LogP contribution >= 0.6 is 0 Å². The SMILES string of the molecule is CC1CCCC(N(C)CC(C)CNC(C)(C)C)C1. The van der Waals surface area contributed by atoms with Crippen LogP contribution in [0.3, 0.4) is 0 Å². The minimum atomic E-state index is 0.242. The molecule has 1 N–H and O–H groups in total. The predicted octanol–water partition coefficient (Wildman–Crippen LogP) is 3.52. The van der Waals surface area contributed by atoms with E-state index in [-0.39, 0.29) is 5.54 Å². The third-order valence-electron chi connectivity index (χ3n) is 4.11. The van der Waals surface area contributed by atoms with Gasteiger partial charge in [-0.05, 0) is 59.0 Å². The average Bonchev–Trinajstić information content (AvgIpc) is 2.25. The van der Waals surface area contributed by atoms with Gasteiger partial charge in [0.15, 0.2) is 0 Å². The fourth-order valence-corrected chi connectivity index (χ4v) is 2.99. The first kappa shape index (κ1) is 16.0. The lowest BCUT2D eigenvalue weighted by Gasteiger charge is -2.36. The highest BCUT2D eigenvalue weighted by Gasteiger charge is 2.23. The van der Waals surface area contributed by atoms with Crippen LogP contribution in [0.5, 0.6) is 0 Å². The molecule has 0 spiro atoms. The Morgan fingerprint density at radius 2 is 1.94 bits per heavy atom. The van der Waals surface area contributed by atoms with Crippen molar-refractivity contribution < 1.29 is 0 Å². The summed E-state index contributed by atoms with van der Waals surface area (Å²) in [5.74, 6) is 1.65. The first-order valence-electron chi connectivity index (χ1n) is 7.73. The normalized spacial score (nSPS) is 27.5. The quantitative estimate of drug-likeness (QED) is 0.807. The highest BCUT2D eigenvalue weighted by molar-refractivity contribution is 4.79. The molecule has 0 bridgehead atoms. The van der Waals surface area contributed by atoms with Crippen LogP contribution in [-0.2, 0) is 0 Å². The van der Waals surface area contributed by atoms with E-state index >= 15 is 0 Å². The topological polar surface area (TPSA) is 15.3 Å². The highest BCUT2D eigenvalue weighted by atomic mass is 15.1. The molecule has 0 aromatic carbocycles. The average molecular weight is 254 g/mol. The zero-order valence-corrected chi connectivity index (χ0v) is 13.4. The summed E-state index contributed by atoms with van der Waals surface area (Å²) < 4.78 is 0. The summed E-state index contributed by atoms with van der Waals surface area (Å²) in [6, 6.07) is 0.825. The summed E-state index contributed by atoms with van der Waals surface area (Å²) in [6.45, 7) is 13.8. The van der Waals surface area contributed by atoms with Gasteiger partial charge in [0.1, 0.15) is 0 Å². The summed E-state index contributed by atoms with van der Waals surface area (Å²) in [5, 5.41) is 3.61. The van der Waals surface area contributed by atoms with Gasteiger partial charge in [0.25, 0.3) is 0 Å². The highest BCUT2D eigenvalue weighted by Crippen LogP contribution is 2.26. The van der Waals surface area contributed by atoms with E-state index in [4.69, 9.17) is 0 Å². The zero-order chi connectivity index (χ0) is 13.8. The Hall–Kier alpha value is -0.0800. The van der Waals surface area contributed by atoms with Gasteiger partial charge in [-0.25, -0.2) is 0 Å². The molecule has 3 unspecified atom stereocenters. The number of hydrogen-bond acceptors (Lipinski definition) is 2. The van der Waals surface area contributed by atoms with Gasteiger partial charge in [-0.1, -0.05) is 26.7 Å². The molecule has 1 rings (SSSR count). The van der Waals surface area contributed by atoms with Crippen molar-refractivity contribution in [2.24, 2.45) is 11.8 Å². The van der Waals surface area contributed by atoms with Crippen LogP contribution in [0.15, 0.2) is 0 Å². The third-order valence-corrected chi connectivity index (χ3v) is 4.11. The molecule has 0 heterocycles. The van der Waals surface area contributed by atoms with Crippen molar-refractivity contribution in [1.29, 1.82) is 0 Å². The van der Waals surface area contributed by atoms with Gasteiger partial charge in [0, 0.05) is 18.1 Å². The predicted molar refractivity (Wildman–Crippen MR) is 81.0 cm³/mol. The van der Waals surface area contributed by atoms with Crippen molar-refractivity contribution in [3.8, 4) is 0 Å². The van der Waals surface area contributed by atoms with Gasteiger partial charge in [-0.2, -0.15) is 0 Å². The number of nitrogens with zero attached hydrogens (tertiary/aromatic N) is 1. The Kier molecular flexibility index (Phi) is 6.13. The number of nitrogens with one attached hydrogen (secondary N) is 1. The Balaban J connectivity index is 2.28. The Labute approximate surface area is 115 Å². The molecule has 1 fully saturated rings. The maximum absolute atomic E-state index is 3.61. The summed E-state index contributed by atoms with van der Waals surface area (Å²) in [7, 11) is 2.32. The largest absolute Gasteiger partial charge is 0.312 e. The summed E-state index contributed by atoms with van der Waals surface area (Å²) in [6.07, 6.45) is 5.66. The lowest BCUT2D eigenvalue weighted by Crippen LogP contribution is -2.43. The maximum Gasteiger partial charge on any atom is 0.00966 e. The summed E-state index contributed by atoms with van der Waals surface area (Å²) >= 11 is 0. The second-order valence-electron chi connectivity index (χ2n) is 7.60. The Morgan fingerprint density at radius 3 is 2.50 bits per heavy atom. The van der Waals surface area contributed by atoms with Crippen LogP contribution in [0.25, 0.3) is 0 Å². The lowest BCUT2D eigenvalue weighted by molar-refractivity contribution is 0.144. The van der Waals surface area contributed by atoms with Crippen LogP contribution < -0.4 is 5.32 Å². The molecular weight excluding hydrogens is 220 g/mol. The zero-order valence-electron chi connectivity index (χ0n) is 13.4. The van der Waals surface area contributed by atoms with Crippen LogP contribution in [0.1, 0.15) is 60.3 Å². The van der Waals surface area contributed by atoms with Gasteiger partial charge in [-0.3, -0.25) is 0 Å². The molecule has 1 aliphatic carbocycles. The van der Waals surface area contributed by atoms with Crippen LogP contribution in [0, 0.1) is 11.8 Å².